The van der Waals surface area contributed by atoms with Gasteiger partial charge in [-0.25, -0.2) is 9.97 Å². The van der Waals surface area contributed by atoms with E-state index in [1.165, 1.54) is 4.90 Å². The second-order valence-corrected chi connectivity index (χ2v) is 5.44. The van der Waals surface area contributed by atoms with Crippen molar-refractivity contribution in [2.75, 3.05) is 0 Å². The van der Waals surface area contributed by atoms with Crippen molar-refractivity contribution in [3.63, 3.8) is 0 Å². The van der Waals surface area contributed by atoms with Crippen LogP contribution in [0.1, 0.15) is 5.82 Å². The van der Waals surface area contributed by atoms with E-state index < -0.39 is 0 Å². The molecule has 1 aromatic carbocycles. The fourth-order valence-corrected chi connectivity index (χ4v) is 2.76. The van der Waals surface area contributed by atoms with Crippen LogP contribution in [0, 0.1) is 0 Å². The molecule has 6 heteroatoms. The Kier molecular flexibility index (Phi) is 3.40. The summed E-state index contributed by atoms with van der Waals surface area (Å²) in [6, 6.07) is 10.2. The van der Waals surface area contributed by atoms with Gasteiger partial charge in [0.05, 0.1) is 17.3 Å². The van der Waals surface area contributed by atoms with Gasteiger partial charge in [-0.3, -0.25) is 4.68 Å². The molecule has 0 saturated heterocycles. The summed E-state index contributed by atoms with van der Waals surface area (Å²) < 4.78 is 1.71. The number of halogens is 1. The second kappa shape index (κ2) is 5.19. The van der Waals surface area contributed by atoms with Crippen LogP contribution in [0.25, 0.3) is 11.0 Å². The van der Waals surface area contributed by atoms with Gasteiger partial charge in [-0.05, 0) is 12.1 Å². The molecular weight excluding hydrogens is 280 g/mol. The molecule has 4 nitrogen and oxygen atoms in total. The maximum Gasteiger partial charge on any atom is 0.162 e. The zero-order chi connectivity index (χ0) is 13.2. The van der Waals surface area contributed by atoms with Crippen LogP contribution >= 0.6 is 23.4 Å². The third-order valence-corrected chi connectivity index (χ3v) is 4.00. The minimum absolute atomic E-state index is 0.460. The maximum atomic E-state index is 6.14. The molecule has 0 atom stereocenters. The molecule has 3 rings (SSSR count). The first kappa shape index (κ1) is 12.4. The molecule has 19 heavy (non-hydrogen) atoms. The van der Waals surface area contributed by atoms with Crippen molar-refractivity contribution in [2.45, 2.75) is 10.6 Å². The molecule has 0 spiro atoms. The Labute approximate surface area is 119 Å². The molecule has 0 aliphatic rings. The van der Waals surface area contributed by atoms with Crippen LogP contribution in [0.2, 0.25) is 5.15 Å². The molecule has 0 unspecified atom stereocenters. The summed E-state index contributed by atoms with van der Waals surface area (Å²) in [5, 5.41) is 5.39. The summed E-state index contributed by atoms with van der Waals surface area (Å²) in [6.07, 6.45) is 1.69. The molecule has 0 aliphatic heterocycles. The number of thioether (sulfide) groups is 1. The van der Waals surface area contributed by atoms with Gasteiger partial charge in [0.1, 0.15) is 11.0 Å². The van der Waals surface area contributed by atoms with Crippen molar-refractivity contribution in [3.05, 3.63) is 47.5 Å². The Balaban J connectivity index is 1.87. The number of rotatable bonds is 3. The first-order chi connectivity index (χ1) is 9.24. The second-order valence-electron chi connectivity index (χ2n) is 4.04. The summed E-state index contributed by atoms with van der Waals surface area (Å²) >= 11 is 7.83. The van der Waals surface area contributed by atoms with Crippen LogP contribution in [0.5, 0.6) is 0 Å². The summed E-state index contributed by atoms with van der Waals surface area (Å²) in [6.45, 7) is 0. The zero-order valence-corrected chi connectivity index (χ0v) is 11.8. The van der Waals surface area contributed by atoms with Crippen molar-refractivity contribution in [1.29, 1.82) is 0 Å². The first-order valence-corrected chi connectivity index (χ1v) is 7.12. The monoisotopic (exact) mass is 290 g/mol. The Morgan fingerprint density at radius 2 is 2.00 bits per heavy atom. The Morgan fingerprint density at radius 1 is 1.21 bits per heavy atom. The van der Waals surface area contributed by atoms with E-state index >= 15 is 0 Å². The van der Waals surface area contributed by atoms with Gasteiger partial charge in [-0.2, -0.15) is 5.10 Å². The standard InChI is InChI=1S/C13H11ClN4S/c1-18-13-10(7-15-18)12(14)16-11(17-13)8-19-9-5-3-2-4-6-9/h2-7H,8H2,1H3. The molecule has 2 heterocycles. The van der Waals surface area contributed by atoms with Gasteiger partial charge in [-0.15, -0.1) is 11.8 Å². The number of benzene rings is 1. The lowest BCUT2D eigenvalue weighted by molar-refractivity contribution is 0.782. The van der Waals surface area contributed by atoms with Crippen LogP contribution in [0.15, 0.2) is 41.4 Å². The zero-order valence-electron chi connectivity index (χ0n) is 10.2. The molecule has 0 saturated carbocycles. The van der Waals surface area contributed by atoms with Gasteiger partial charge in [0, 0.05) is 11.9 Å². The normalized spacial score (nSPS) is 11.1. The Bertz CT molecular complexity index is 711. The largest absolute Gasteiger partial charge is 0.250 e. The topological polar surface area (TPSA) is 43.6 Å². The molecule has 0 N–H and O–H groups in total. The van der Waals surface area contributed by atoms with Crippen molar-refractivity contribution >= 4 is 34.4 Å². The highest BCUT2D eigenvalue weighted by Gasteiger charge is 2.09. The van der Waals surface area contributed by atoms with E-state index in [0.717, 1.165) is 16.9 Å². The smallest absolute Gasteiger partial charge is 0.162 e. The molecule has 96 valence electrons. The lowest BCUT2D eigenvalue weighted by Gasteiger charge is -2.02. The van der Waals surface area contributed by atoms with E-state index in [2.05, 4.69) is 27.2 Å². The maximum absolute atomic E-state index is 6.14. The van der Waals surface area contributed by atoms with Gasteiger partial charge in [-0.1, -0.05) is 29.8 Å². The quantitative estimate of drug-likeness (QED) is 0.548. The number of aryl methyl sites for hydroxylation is 1. The fourth-order valence-electron chi connectivity index (χ4n) is 1.76. The Hall–Kier alpha value is -1.59. The van der Waals surface area contributed by atoms with E-state index in [-0.39, 0.29) is 0 Å². The summed E-state index contributed by atoms with van der Waals surface area (Å²) in [5.41, 5.74) is 0.767. The molecule has 3 aromatic rings. The van der Waals surface area contributed by atoms with Crippen LogP contribution in [0.4, 0.5) is 0 Å². The summed E-state index contributed by atoms with van der Waals surface area (Å²) in [5.74, 6) is 1.40. The van der Waals surface area contributed by atoms with Crippen molar-refractivity contribution < 1.29 is 0 Å². The number of aromatic nitrogens is 4. The highest BCUT2D eigenvalue weighted by Crippen LogP contribution is 2.24. The SMILES string of the molecule is Cn1ncc2c(Cl)nc(CSc3ccccc3)nc21. The molecule has 0 bridgehead atoms. The van der Waals surface area contributed by atoms with Crippen LogP contribution in [-0.4, -0.2) is 19.7 Å². The third-order valence-electron chi connectivity index (χ3n) is 2.70. The predicted octanol–water partition coefficient (Wildman–Crippen LogP) is 3.31. The highest BCUT2D eigenvalue weighted by molar-refractivity contribution is 7.98. The average molecular weight is 291 g/mol. The van der Waals surface area contributed by atoms with Gasteiger partial charge >= 0.3 is 0 Å². The van der Waals surface area contributed by atoms with E-state index in [1.807, 2.05) is 25.2 Å². The van der Waals surface area contributed by atoms with Crippen molar-refractivity contribution in [2.24, 2.45) is 7.05 Å². The molecule has 0 amide bonds. The molecule has 2 aromatic heterocycles. The minimum atomic E-state index is 0.460. The summed E-state index contributed by atoms with van der Waals surface area (Å²) in [4.78, 5) is 9.99. The van der Waals surface area contributed by atoms with Crippen LogP contribution in [0.3, 0.4) is 0 Å². The van der Waals surface area contributed by atoms with Crippen LogP contribution in [-0.2, 0) is 12.8 Å². The lowest BCUT2D eigenvalue weighted by Crippen LogP contribution is -1.98. The fraction of sp³-hybridized carbons (Fsp3) is 0.154. The van der Waals surface area contributed by atoms with Gasteiger partial charge < -0.3 is 0 Å². The first-order valence-electron chi connectivity index (χ1n) is 5.76. The van der Waals surface area contributed by atoms with Gasteiger partial charge in [0.25, 0.3) is 0 Å². The van der Waals surface area contributed by atoms with E-state index in [9.17, 15) is 0 Å². The van der Waals surface area contributed by atoms with Gasteiger partial charge in [0.15, 0.2) is 5.65 Å². The van der Waals surface area contributed by atoms with Gasteiger partial charge in [0.2, 0.25) is 0 Å². The number of hydrogen-bond acceptors (Lipinski definition) is 4. The molecule has 0 fully saturated rings. The number of hydrogen-bond donors (Lipinski definition) is 0. The van der Waals surface area contributed by atoms with Crippen LogP contribution < -0.4 is 0 Å². The molecule has 0 aliphatic carbocycles. The lowest BCUT2D eigenvalue weighted by atomic mass is 10.4. The van der Waals surface area contributed by atoms with E-state index in [4.69, 9.17) is 11.6 Å². The minimum Gasteiger partial charge on any atom is -0.250 e. The summed E-state index contributed by atoms with van der Waals surface area (Å²) in [7, 11) is 1.85. The van der Waals surface area contributed by atoms with Crippen molar-refractivity contribution in [3.8, 4) is 0 Å². The Morgan fingerprint density at radius 3 is 2.79 bits per heavy atom. The average Bonchev–Trinajstić information content (AvgIpc) is 2.80. The molecular formula is C13H11ClN4S. The van der Waals surface area contributed by atoms with E-state index in [1.54, 1.807) is 22.6 Å². The van der Waals surface area contributed by atoms with Crippen molar-refractivity contribution in [1.82, 2.24) is 19.7 Å². The number of nitrogens with zero attached hydrogens (tertiary/aromatic N) is 4. The van der Waals surface area contributed by atoms with E-state index in [0.29, 0.717) is 10.9 Å². The predicted molar refractivity (Wildman–Crippen MR) is 77.3 cm³/mol. The molecule has 0 radical (unpaired) electrons. The third kappa shape index (κ3) is 2.57. The highest BCUT2D eigenvalue weighted by atomic mass is 35.5. The number of fused-ring (bicyclic) bond motifs is 1.